The number of esters is 1. The van der Waals surface area contributed by atoms with E-state index in [-0.39, 0.29) is 12.0 Å². The maximum atomic E-state index is 11.9. The molecule has 4 nitrogen and oxygen atoms in total. The first-order chi connectivity index (χ1) is 8.71. The molecule has 1 aliphatic rings. The summed E-state index contributed by atoms with van der Waals surface area (Å²) < 4.78 is 5.14. The molecule has 1 fully saturated rings. The van der Waals surface area contributed by atoms with Gasteiger partial charge in [0.15, 0.2) is 0 Å². The molecule has 18 heavy (non-hydrogen) atoms. The quantitative estimate of drug-likeness (QED) is 0.605. The van der Waals surface area contributed by atoms with Crippen LogP contribution < -0.4 is 5.32 Å². The van der Waals surface area contributed by atoms with Crippen molar-refractivity contribution in [3.63, 3.8) is 0 Å². The fraction of sp³-hybridized carbons (Fsp3) is 0.929. The Balaban J connectivity index is 2.36. The third-order valence-corrected chi connectivity index (χ3v) is 3.31. The fourth-order valence-electron chi connectivity index (χ4n) is 2.10. The molecular formula is C14H28N2O2. The predicted molar refractivity (Wildman–Crippen MR) is 73.6 cm³/mol. The molecule has 106 valence electrons. The maximum Gasteiger partial charge on any atom is 0.323 e. The lowest BCUT2D eigenvalue weighted by atomic mass is 10.2. The van der Waals surface area contributed by atoms with Gasteiger partial charge in [-0.15, -0.1) is 0 Å². The van der Waals surface area contributed by atoms with Crippen molar-refractivity contribution < 1.29 is 9.53 Å². The van der Waals surface area contributed by atoms with Crippen LogP contribution in [0.15, 0.2) is 0 Å². The van der Waals surface area contributed by atoms with Crippen LogP contribution in [-0.2, 0) is 9.53 Å². The van der Waals surface area contributed by atoms with E-state index in [0.717, 1.165) is 32.5 Å². The topological polar surface area (TPSA) is 41.6 Å². The normalized spacial score (nSPS) is 16.9. The highest BCUT2D eigenvalue weighted by molar-refractivity contribution is 5.75. The Bertz CT molecular complexity index is 242. The summed E-state index contributed by atoms with van der Waals surface area (Å²) in [5, 5.41) is 3.40. The first-order valence-corrected chi connectivity index (χ1v) is 7.36. The number of carbonyl (C=O) groups is 1. The average Bonchev–Trinajstić information content (AvgIpc) is 3.16. The Labute approximate surface area is 111 Å². The minimum Gasteiger partial charge on any atom is -0.465 e. The minimum absolute atomic E-state index is 0.0862. The highest BCUT2D eigenvalue weighted by Crippen LogP contribution is 2.20. The summed E-state index contributed by atoms with van der Waals surface area (Å²) in [7, 11) is 0. The Morgan fingerprint density at radius 3 is 2.56 bits per heavy atom. The van der Waals surface area contributed by atoms with E-state index in [1.54, 1.807) is 0 Å². The summed E-state index contributed by atoms with van der Waals surface area (Å²) >= 11 is 0. The second-order valence-corrected chi connectivity index (χ2v) is 4.97. The molecule has 0 aliphatic heterocycles. The van der Waals surface area contributed by atoms with Gasteiger partial charge in [0.25, 0.3) is 0 Å². The number of nitrogens with zero attached hydrogens (tertiary/aromatic N) is 1. The van der Waals surface area contributed by atoms with Gasteiger partial charge in [0.1, 0.15) is 6.04 Å². The molecule has 1 unspecified atom stereocenters. The van der Waals surface area contributed by atoms with Crippen LogP contribution in [0.25, 0.3) is 0 Å². The first-order valence-electron chi connectivity index (χ1n) is 7.36. The monoisotopic (exact) mass is 256 g/mol. The molecular weight excluding hydrogens is 228 g/mol. The van der Waals surface area contributed by atoms with Crippen molar-refractivity contribution in [1.29, 1.82) is 0 Å². The van der Waals surface area contributed by atoms with Gasteiger partial charge in [-0.1, -0.05) is 13.8 Å². The Kier molecular flexibility index (Phi) is 7.28. The molecule has 0 aromatic heterocycles. The van der Waals surface area contributed by atoms with E-state index < -0.39 is 0 Å². The van der Waals surface area contributed by atoms with Gasteiger partial charge in [-0.2, -0.15) is 0 Å². The van der Waals surface area contributed by atoms with E-state index in [1.807, 2.05) is 6.92 Å². The smallest absolute Gasteiger partial charge is 0.323 e. The van der Waals surface area contributed by atoms with E-state index in [4.69, 9.17) is 4.74 Å². The molecule has 0 aromatic carbocycles. The largest absolute Gasteiger partial charge is 0.465 e. The van der Waals surface area contributed by atoms with Crippen LogP contribution in [-0.4, -0.2) is 49.2 Å². The van der Waals surface area contributed by atoms with Crippen LogP contribution in [0.5, 0.6) is 0 Å². The van der Waals surface area contributed by atoms with Crippen LogP contribution in [0.1, 0.15) is 46.5 Å². The van der Waals surface area contributed by atoms with Crippen LogP contribution in [0.4, 0.5) is 0 Å². The first kappa shape index (κ1) is 15.4. The number of ether oxygens (including phenoxy) is 1. The van der Waals surface area contributed by atoms with Gasteiger partial charge in [-0.25, -0.2) is 0 Å². The molecule has 0 saturated heterocycles. The SMILES string of the molecule is CCCN(CC)CCC(NC1CC1)C(=O)OCC. The number of rotatable bonds is 10. The molecule has 1 aliphatic carbocycles. The average molecular weight is 256 g/mol. The lowest BCUT2D eigenvalue weighted by Gasteiger charge is -2.23. The third-order valence-electron chi connectivity index (χ3n) is 3.31. The molecule has 0 amide bonds. The third kappa shape index (κ3) is 5.83. The molecule has 1 N–H and O–H groups in total. The van der Waals surface area contributed by atoms with E-state index in [1.165, 1.54) is 12.8 Å². The summed E-state index contributed by atoms with van der Waals surface area (Å²) in [5.74, 6) is -0.0862. The van der Waals surface area contributed by atoms with Gasteiger partial charge < -0.3 is 15.0 Å². The van der Waals surface area contributed by atoms with Crippen molar-refractivity contribution >= 4 is 5.97 Å². The van der Waals surface area contributed by atoms with Gasteiger partial charge in [-0.05, 0) is 45.7 Å². The number of hydrogen-bond acceptors (Lipinski definition) is 4. The zero-order valence-electron chi connectivity index (χ0n) is 12.1. The van der Waals surface area contributed by atoms with Gasteiger partial charge in [-0.3, -0.25) is 4.79 Å². The lowest BCUT2D eigenvalue weighted by molar-refractivity contribution is -0.146. The summed E-state index contributed by atoms with van der Waals surface area (Å²) in [4.78, 5) is 14.3. The summed E-state index contributed by atoms with van der Waals surface area (Å²) in [5.41, 5.74) is 0. The Morgan fingerprint density at radius 2 is 2.06 bits per heavy atom. The van der Waals surface area contributed by atoms with Crippen molar-refractivity contribution in [2.24, 2.45) is 0 Å². The van der Waals surface area contributed by atoms with Crippen LogP contribution in [0, 0.1) is 0 Å². The molecule has 0 spiro atoms. The van der Waals surface area contributed by atoms with Gasteiger partial charge in [0.05, 0.1) is 6.61 Å². The molecule has 1 rings (SSSR count). The van der Waals surface area contributed by atoms with Crippen LogP contribution in [0.2, 0.25) is 0 Å². The van der Waals surface area contributed by atoms with Gasteiger partial charge >= 0.3 is 5.97 Å². The minimum atomic E-state index is -0.122. The van der Waals surface area contributed by atoms with Gasteiger partial charge in [0, 0.05) is 12.6 Å². The molecule has 0 radical (unpaired) electrons. The zero-order valence-corrected chi connectivity index (χ0v) is 12.1. The molecule has 0 heterocycles. The number of hydrogen-bond donors (Lipinski definition) is 1. The molecule has 1 saturated carbocycles. The number of nitrogens with one attached hydrogen (secondary N) is 1. The molecule has 1 atom stereocenters. The second kappa shape index (κ2) is 8.48. The lowest BCUT2D eigenvalue weighted by Crippen LogP contribution is -2.42. The van der Waals surface area contributed by atoms with Crippen molar-refractivity contribution in [1.82, 2.24) is 10.2 Å². The van der Waals surface area contributed by atoms with E-state index in [0.29, 0.717) is 12.6 Å². The van der Waals surface area contributed by atoms with Crippen LogP contribution in [0.3, 0.4) is 0 Å². The van der Waals surface area contributed by atoms with Crippen molar-refractivity contribution in [2.75, 3.05) is 26.2 Å². The van der Waals surface area contributed by atoms with Crippen LogP contribution >= 0.6 is 0 Å². The summed E-state index contributed by atoms with van der Waals surface area (Å²) in [6.07, 6.45) is 4.40. The molecule has 0 bridgehead atoms. The predicted octanol–water partition coefficient (Wildman–Crippen LogP) is 1.79. The van der Waals surface area contributed by atoms with E-state index in [9.17, 15) is 4.79 Å². The summed E-state index contributed by atoms with van der Waals surface area (Å²) in [6.45, 7) is 9.81. The second-order valence-electron chi connectivity index (χ2n) is 4.97. The fourth-order valence-corrected chi connectivity index (χ4v) is 2.10. The highest BCUT2D eigenvalue weighted by atomic mass is 16.5. The maximum absolute atomic E-state index is 11.9. The van der Waals surface area contributed by atoms with E-state index >= 15 is 0 Å². The standard InChI is InChI=1S/C14H28N2O2/c1-4-10-16(5-2)11-9-13(14(17)18-6-3)15-12-7-8-12/h12-13,15H,4-11H2,1-3H3. The van der Waals surface area contributed by atoms with Crippen molar-refractivity contribution in [2.45, 2.75) is 58.5 Å². The van der Waals surface area contributed by atoms with Crippen molar-refractivity contribution in [3.8, 4) is 0 Å². The van der Waals surface area contributed by atoms with Crippen molar-refractivity contribution in [3.05, 3.63) is 0 Å². The molecule has 4 heteroatoms. The van der Waals surface area contributed by atoms with E-state index in [2.05, 4.69) is 24.1 Å². The molecule has 0 aromatic rings. The Morgan fingerprint density at radius 1 is 1.33 bits per heavy atom. The number of carbonyl (C=O) groups excluding carboxylic acids is 1. The highest BCUT2D eigenvalue weighted by Gasteiger charge is 2.29. The summed E-state index contributed by atoms with van der Waals surface area (Å²) in [6, 6.07) is 0.420. The zero-order chi connectivity index (χ0) is 13.4. The van der Waals surface area contributed by atoms with Gasteiger partial charge in [0.2, 0.25) is 0 Å². The Hall–Kier alpha value is -0.610.